The minimum Gasteiger partial charge on any atom is -0.369 e. The van der Waals surface area contributed by atoms with Gasteiger partial charge in [0.1, 0.15) is 3.70 Å². The van der Waals surface area contributed by atoms with Crippen molar-refractivity contribution in [3.05, 3.63) is 27.6 Å². The molecule has 0 aromatic carbocycles. The van der Waals surface area contributed by atoms with Crippen molar-refractivity contribution in [2.24, 2.45) is 0 Å². The van der Waals surface area contributed by atoms with Gasteiger partial charge in [-0.3, -0.25) is 0 Å². The minimum atomic E-state index is 0.469. The third kappa shape index (κ3) is 2.06. The van der Waals surface area contributed by atoms with Crippen LogP contribution in [0.3, 0.4) is 0 Å². The minimum absolute atomic E-state index is 0.469. The van der Waals surface area contributed by atoms with Crippen LogP contribution in [-0.2, 0) is 12.8 Å². The molecule has 14 heavy (non-hydrogen) atoms. The van der Waals surface area contributed by atoms with E-state index in [0.29, 0.717) is 5.95 Å². The van der Waals surface area contributed by atoms with Gasteiger partial charge in [0.2, 0.25) is 0 Å². The van der Waals surface area contributed by atoms with Crippen LogP contribution in [0.1, 0.15) is 11.4 Å². The quantitative estimate of drug-likeness (QED) is 0.743. The fourth-order valence-electron chi connectivity index (χ4n) is 1.23. The number of aromatic nitrogens is 4. The predicted octanol–water partition coefficient (Wildman–Crippen LogP) is 1.10. The van der Waals surface area contributed by atoms with E-state index in [4.69, 9.17) is 5.73 Å². The largest absolute Gasteiger partial charge is 0.369 e. The van der Waals surface area contributed by atoms with Crippen molar-refractivity contribution in [3.63, 3.8) is 0 Å². The highest BCUT2D eigenvalue weighted by Gasteiger charge is 2.04. The number of hydrogen-bond acceptors (Lipinski definition) is 3. The SMILES string of the molecule is Nc1nc(CCc2nc[nH]c2I)c[nH]1. The highest BCUT2D eigenvalue weighted by atomic mass is 127. The molecule has 74 valence electrons. The molecule has 0 spiro atoms. The van der Waals surface area contributed by atoms with Gasteiger partial charge >= 0.3 is 0 Å². The second kappa shape index (κ2) is 3.99. The Morgan fingerprint density at radius 2 is 2.21 bits per heavy atom. The number of aryl methyl sites for hydroxylation is 2. The maximum atomic E-state index is 5.47. The van der Waals surface area contributed by atoms with E-state index in [2.05, 4.69) is 42.5 Å². The average Bonchev–Trinajstić information content (AvgIpc) is 2.72. The molecule has 0 unspecified atom stereocenters. The van der Waals surface area contributed by atoms with Crippen molar-refractivity contribution in [2.75, 3.05) is 5.73 Å². The van der Waals surface area contributed by atoms with E-state index in [1.807, 2.05) is 6.20 Å². The van der Waals surface area contributed by atoms with Crippen LogP contribution in [0.25, 0.3) is 0 Å². The summed E-state index contributed by atoms with van der Waals surface area (Å²) in [6.07, 6.45) is 5.27. The first kappa shape index (κ1) is 9.50. The molecular formula is C8H10IN5. The Morgan fingerprint density at radius 3 is 2.79 bits per heavy atom. The van der Waals surface area contributed by atoms with Gasteiger partial charge in [-0.05, 0) is 35.4 Å². The van der Waals surface area contributed by atoms with E-state index in [9.17, 15) is 0 Å². The number of imidazole rings is 2. The molecule has 0 bridgehead atoms. The van der Waals surface area contributed by atoms with E-state index in [0.717, 1.165) is 27.9 Å². The van der Waals surface area contributed by atoms with Crippen LogP contribution in [-0.4, -0.2) is 19.9 Å². The normalized spacial score (nSPS) is 10.6. The fraction of sp³-hybridized carbons (Fsp3) is 0.250. The van der Waals surface area contributed by atoms with Crippen molar-refractivity contribution in [2.45, 2.75) is 12.8 Å². The molecular weight excluding hydrogens is 293 g/mol. The number of nitrogen functional groups attached to an aromatic ring is 1. The Kier molecular flexibility index (Phi) is 2.71. The summed E-state index contributed by atoms with van der Waals surface area (Å²) in [6.45, 7) is 0. The number of nitrogens with two attached hydrogens (primary N) is 1. The first-order valence-electron chi connectivity index (χ1n) is 4.23. The summed E-state index contributed by atoms with van der Waals surface area (Å²) in [6, 6.07) is 0. The van der Waals surface area contributed by atoms with Crippen LogP contribution in [0.15, 0.2) is 12.5 Å². The Bertz CT molecular complexity index is 419. The van der Waals surface area contributed by atoms with E-state index in [-0.39, 0.29) is 0 Å². The number of halogens is 1. The Labute approximate surface area is 94.7 Å². The van der Waals surface area contributed by atoms with Gasteiger partial charge in [-0.15, -0.1) is 0 Å². The number of nitrogens with zero attached hydrogens (tertiary/aromatic N) is 2. The van der Waals surface area contributed by atoms with Gasteiger partial charge in [-0.2, -0.15) is 0 Å². The van der Waals surface area contributed by atoms with Gasteiger partial charge in [0, 0.05) is 6.20 Å². The Morgan fingerprint density at radius 1 is 1.36 bits per heavy atom. The number of anilines is 1. The first-order chi connectivity index (χ1) is 6.75. The molecule has 2 heterocycles. The van der Waals surface area contributed by atoms with Crippen molar-refractivity contribution >= 4 is 28.5 Å². The second-order valence-corrected chi connectivity index (χ2v) is 4.02. The van der Waals surface area contributed by atoms with Crippen LogP contribution < -0.4 is 5.73 Å². The lowest BCUT2D eigenvalue weighted by atomic mass is 10.2. The zero-order valence-electron chi connectivity index (χ0n) is 7.42. The molecule has 0 saturated heterocycles. The number of nitrogens with one attached hydrogen (secondary N) is 2. The Balaban J connectivity index is 1.98. The Hall–Kier alpha value is -1.05. The molecule has 0 atom stereocenters. The number of hydrogen-bond donors (Lipinski definition) is 3. The molecule has 0 aliphatic carbocycles. The molecule has 6 heteroatoms. The predicted molar refractivity (Wildman–Crippen MR) is 61.7 cm³/mol. The summed E-state index contributed by atoms with van der Waals surface area (Å²) < 4.78 is 1.09. The molecule has 0 aliphatic heterocycles. The highest BCUT2D eigenvalue weighted by molar-refractivity contribution is 14.1. The van der Waals surface area contributed by atoms with Gasteiger partial charge in [-0.1, -0.05) is 0 Å². The molecule has 0 amide bonds. The van der Waals surface area contributed by atoms with E-state index >= 15 is 0 Å². The maximum absolute atomic E-state index is 5.47. The highest BCUT2D eigenvalue weighted by Crippen LogP contribution is 2.09. The molecule has 2 aromatic rings. The van der Waals surface area contributed by atoms with Gasteiger partial charge in [0.05, 0.1) is 17.7 Å². The van der Waals surface area contributed by atoms with Gasteiger partial charge < -0.3 is 15.7 Å². The first-order valence-corrected chi connectivity index (χ1v) is 5.31. The summed E-state index contributed by atoms with van der Waals surface area (Å²) in [7, 11) is 0. The standard InChI is InChI=1S/C8H10IN5/c9-7-6(12-4-13-7)2-1-5-3-11-8(10)14-5/h3-4H,1-2H2,(H,12,13)(H3,10,11,14). The van der Waals surface area contributed by atoms with Gasteiger partial charge in [0.25, 0.3) is 0 Å². The lowest BCUT2D eigenvalue weighted by Gasteiger charge is -1.94. The maximum Gasteiger partial charge on any atom is 0.197 e. The monoisotopic (exact) mass is 303 g/mol. The molecule has 4 N–H and O–H groups in total. The molecule has 2 aromatic heterocycles. The molecule has 2 rings (SSSR count). The smallest absolute Gasteiger partial charge is 0.197 e. The topological polar surface area (TPSA) is 83.4 Å². The van der Waals surface area contributed by atoms with E-state index in [1.165, 1.54) is 0 Å². The van der Waals surface area contributed by atoms with Crippen molar-refractivity contribution in [1.29, 1.82) is 0 Å². The van der Waals surface area contributed by atoms with Crippen LogP contribution in [0.5, 0.6) is 0 Å². The second-order valence-electron chi connectivity index (χ2n) is 2.94. The van der Waals surface area contributed by atoms with E-state index in [1.54, 1.807) is 6.33 Å². The van der Waals surface area contributed by atoms with Crippen LogP contribution in [0.4, 0.5) is 5.95 Å². The zero-order chi connectivity index (χ0) is 9.97. The summed E-state index contributed by atoms with van der Waals surface area (Å²) in [4.78, 5) is 14.2. The number of rotatable bonds is 3. The molecule has 5 nitrogen and oxygen atoms in total. The van der Waals surface area contributed by atoms with Crippen LogP contribution in [0, 0.1) is 3.70 Å². The van der Waals surface area contributed by atoms with Gasteiger partial charge in [0.15, 0.2) is 5.95 Å². The summed E-state index contributed by atoms with van der Waals surface area (Å²) in [5, 5.41) is 0. The average molecular weight is 303 g/mol. The third-order valence-corrected chi connectivity index (χ3v) is 2.87. The fourth-order valence-corrected chi connectivity index (χ4v) is 1.78. The lowest BCUT2D eigenvalue weighted by Crippen LogP contribution is -1.94. The number of aromatic amines is 2. The summed E-state index contributed by atoms with van der Waals surface area (Å²) in [5.41, 5.74) is 7.52. The zero-order valence-corrected chi connectivity index (χ0v) is 9.58. The molecule has 0 saturated carbocycles. The lowest BCUT2D eigenvalue weighted by molar-refractivity contribution is 0.893. The van der Waals surface area contributed by atoms with Crippen LogP contribution in [0.2, 0.25) is 0 Å². The van der Waals surface area contributed by atoms with Crippen molar-refractivity contribution in [1.82, 2.24) is 19.9 Å². The molecule has 0 radical (unpaired) electrons. The molecule has 0 aliphatic rings. The summed E-state index contributed by atoms with van der Waals surface area (Å²) in [5.74, 6) is 0.469. The van der Waals surface area contributed by atoms with Crippen molar-refractivity contribution < 1.29 is 0 Å². The van der Waals surface area contributed by atoms with E-state index < -0.39 is 0 Å². The van der Waals surface area contributed by atoms with Crippen LogP contribution >= 0.6 is 22.6 Å². The molecule has 0 fully saturated rings. The number of H-pyrrole nitrogens is 2. The van der Waals surface area contributed by atoms with Crippen molar-refractivity contribution in [3.8, 4) is 0 Å². The summed E-state index contributed by atoms with van der Waals surface area (Å²) >= 11 is 2.23. The van der Waals surface area contributed by atoms with Gasteiger partial charge in [-0.25, -0.2) is 9.97 Å². The third-order valence-electron chi connectivity index (χ3n) is 1.93.